The fourth-order valence-electron chi connectivity index (χ4n) is 0.439. The number of allylic oxidation sites excluding steroid dienone is 2. The smallest absolute Gasteiger partial charge is 0.338 e. The summed E-state index contributed by atoms with van der Waals surface area (Å²) < 4.78 is 4.28. The van der Waals surface area contributed by atoms with Crippen LogP contribution in [0.2, 0.25) is 0 Å². The van der Waals surface area contributed by atoms with Gasteiger partial charge in [0.1, 0.15) is 0 Å². The summed E-state index contributed by atoms with van der Waals surface area (Å²) in [6.45, 7) is 3.34. The molecule has 11 heavy (non-hydrogen) atoms. The van der Waals surface area contributed by atoms with Gasteiger partial charge in [-0.3, -0.25) is 0 Å². The second kappa shape index (κ2) is 5.41. The van der Waals surface area contributed by atoms with Gasteiger partial charge in [-0.2, -0.15) is 0 Å². The first-order valence-corrected chi connectivity index (χ1v) is 3.22. The molecule has 0 aliphatic carbocycles. The van der Waals surface area contributed by atoms with Crippen LogP contribution in [-0.2, 0) is 14.3 Å². The van der Waals surface area contributed by atoms with Gasteiger partial charge in [0.05, 0.1) is 0 Å². The molecule has 3 heteroatoms. The lowest BCUT2D eigenvalue weighted by atomic mass is 10.5. The number of hydrogen-bond acceptors (Lipinski definition) is 3. The molecule has 0 saturated heterocycles. The monoisotopic (exact) mass is 154 g/mol. The predicted octanol–water partition coefficient (Wildman–Crippen LogP) is 1.21. The molecule has 0 aromatic rings. The van der Waals surface area contributed by atoms with Crippen molar-refractivity contribution in [3.05, 3.63) is 24.3 Å². The molecule has 0 fully saturated rings. The van der Waals surface area contributed by atoms with Gasteiger partial charge in [0.15, 0.2) is 0 Å². The summed E-state index contributed by atoms with van der Waals surface area (Å²) in [6, 6.07) is 0. The molecule has 0 bridgehead atoms. The Balaban J connectivity index is 3.85. The molecule has 0 heterocycles. The second-order valence-electron chi connectivity index (χ2n) is 1.74. The van der Waals surface area contributed by atoms with Crippen molar-refractivity contribution < 1.29 is 14.3 Å². The van der Waals surface area contributed by atoms with Gasteiger partial charge >= 0.3 is 11.9 Å². The van der Waals surface area contributed by atoms with Crippen LogP contribution in [0.25, 0.3) is 0 Å². The predicted molar refractivity (Wildman–Crippen MR) is 40.7 cm³/mol. The Morgan fingerprint density at radius 2 is 1.36 bits per heavy atom. The highest BCUT2D eigenvalue weighted by molar-refractivity contribution is 5.96. The van der Waals surface area contributed by atoms with Gasteiger partial charge in [-0.15, -0.1) is 0 Å². The van der Waals surface area contributed by atoms with Crippen LogP contribution in [0.3, 0.4) is 0 Å². The van der Waals surface area contributed by atoms with Crippen molar-refractivity contribution in [1.29, 1.82) is 0 Å². The minimum absolute atomic E-state index is 0.643. The van der Waals surface area contributed by atoms with Gasteiger partial charge < -0.3 is 4.74 Å². The summed E-state index contributed by atoms with van der Waals surface area (Å²) in [5, 5.41) is 0. The summed E-state index contributed by atoms with van der Waals surface area (Å²) in [4.78, 5) is 21.1. The molecule has 3 nitrogen and oxygen atoms in total. The van der Waals surface area contributed by atoms with Crippen molar-refractivity contribution in [3.8, 4) is 0 Å². The van der Waals surface area contributed by atoms with Gasteiger partial charge in [0.25, 0.3) is 0 Å². The number of carbonyl (C=O) groups is 2. The molecule has 60 valence electrons. The summed E-state index contributed by atoms with van der Waals surface area (Å²) in [6.07, 6.45) is 5.37. The lowest BCUT2D eigenvalue weighted by molar-refractivity contribution is -0.152. The van der Waals surface area contributed by atoms with E-state index in [2.05, 4.69) is 4.74 Å². The third kappa shape index (κ3) is 5.08. The molecule has 0 unspecified atom stereocenters. The van der Waals surface area contributed by atoms with Gasteiger partial charge in [0, 0.05) is 12.2 Å². The number of carbonyl (C=O) groups excluding carboxylic acids is 2. The molecule has 0 radical (unpaired) electrons. The zero-order chi connectivity index (χ0) is 8.69. The maximum atomic E-state index is 10.6. The van der Waals surface area contributed by atoms with E-state index < -0.39 is 11.9 Å². The first-order chi connectivity index (χ1) is 5.20. The lowest BCUT2D eigenvalue weighted by Gasteiger charge is -1.91. The van der Waals surface area contributed by atoms with Gasteiger partial charge in [0.2, 0.25) is 0 Å². The lowest BCUT2D eigenvalue weighted by Crippen LogP contribution is -2.06. The number of rotatable bonds is 2. The van der Waals surface area contributed by atoms with Crippen LogP contribution in [0.5, 0.6) is 0 Å². The maximum absolute atomic E-state index is 10.6. The highest BCUT2D eigenvalue weighted by atomic mass is 16.6. The van der Waals surface area contributed by atoms with Crippen molar-refractivity contribution in [2.75, 3.05) is 0 Å². The highest BCUT2D eigenvalue weighted by Gasteiger charge is 2.00. The Kier molecular flexibility index (Phi) is 4.73. The van der Waals surface area contributed by atoms with Crippen LogP contribution in [0, 0.1) is 0 Å². The summed E-state index contributed by atoms with van der Waals surface area (Å²) in [5.74, 6) is -1.29. The summed E-state index contributed by atoms with van der Waals surface area (Å²) >= 11 is 0. The van der Waals surface area contributed by atoms with Gasteiger partial charge in [-0.25, -0.2) is 9.59 Å². The van der Waals surface area contributed by atoms with Crippen LogP contribution in [0.1, 0.15) is 13.8 Å². The average Bonchev–Trinajstić information content (AvgIpc) is 1.87. The zero-order valence-electron chi connectivity index (χ0n) is 6.53. The van der Waals surface area contributed by atoms with E-state index in [1.165, 1.54) is 24.3 Å². The van der Waals surface area contributed by atoms with E-state index in [4.69, 9.17) is 0 Å². The first kappa shape index (κ1) is 9.62. The van der Waals surface area contributed by atoms with E-state index in [9.17, 15) is 9.59 Å². The molecule has 0 N–H and O–H groups in total. The van der Waals surface area contributed by atoms with E-state index in [1.807, 2.05) is 0 Å². The molecule has 0 rings (SSSR count). The van der Waals surface area contributed by atoms with Crippen molar-refractivity contribution in [1.82, 2.24) is 0 Å². The topological polar surface area (TPSA) is 43.4 Å². The molecule has 0 aliphatic rings. The molecule has 0 spiro atoms. The first-order valence-electron chi connectivity index (χ1n) is 3.22. The number of ether oxygens (including phenoxy) is 1. The standard InChI is InChI=1S/C8H10O3/c1-3-5-7(9)11-8(10)6-4-2/h3-6H,1-2H3/b5-3-,6-4-. The maximum Gasteiger partial charge on any atom is 0.338 e. The molecular weight excluding hydrogens is 144 g/mol. The third-order valence-electron chi connectivity index (χ3n) is 0.807. The van der Waals surface area contributed by atoms with Crippen LogP contribution < -0.4 is 0 Å². The van der Waals surface area contributed by atoms with Crippen LogP contribution in [0.15, 0.2) is 24.3 Å². The molecule has 0 saturated carbocycles. The molecule has 0 aromatic carbocycles. The Morgan fingerprint density at radius 3 is 1.64 bits per heavy atom. The minimum Gasteiger partial charge on any atom is -0.387 e. The van der Waals surface area contributed by atoms with Crippen LogP contribution >= 0.6 is 0 Å². The fraction of sp³-hybridized carbons (Fsp3) is 0.250. The SMILES string of the molecule is C/C=C\C(=O)OC(=O)/C=C\C. The van der Waals surface area contributed by atoms with Crippen LogP contribution in [0.4, 0.5) is 0 Å². The van der Waals surface area contributed by atoms with E-state index in [0.717, 1.165) is 0 Å². The van der Waals surface area contributed by atoms with E-state index >= 15 is 0 Å². The van der Waals surface area contributed by atoms with E-state index in [0.29, 0.717) is 0 Å². The number of esters is 2. The quantitative estimate of drug-likeness (QED) is 0.341. The number of hydrogen-bond donors (Lipinski definition) is 0. The third-order valence-corrected chi connectivity index (χ3v) is 0.807. The Hall–Kier alpha value is -1.38. The fourth-order valence-corrected chi connectivity index (χ4v) is 0.439. The molecular formula is C8H10O3. The van der Waals surface area contributed by atoms with Crippen LogP contribution in [-0.4, -0.2) is 11.9 Å². The van der Waals surface area contributed by atoms with Crippen molar-refractivity contribution in [2.45, 2.75) is 13.8 Å². The van der Waals surface area contributed by atoms with Gasteiger partial charge in [-0.1, -0.05) is 12.2 Å². The largest absolute Gasteiger partial charge is 0.387 e. The van der Waals surface area contributed by atoms with Crippen molar-refractivity contribution >= 4 is 11.9 Å². The summed E-state index contributed by atoms with van der Waals surface area (Å²) in [5.41, 5.74) is 0. The summed E-state index contributed by atoms with van der Waals surface area (Å²) in [7, 11) is 0. The Labute approximate surface area is 65.4 Å². The molecule has 0 aromatic heterocycles. The Bertz CT molecular complexity index is 179. The Morgan fingerprint density at radius 1 is 1.00 bits per heavy atom. The molecule has 0 aliphatic heterocycles. The van der Waals surface area contributed by atoms with E-state index in [-0.39, 0.29) is 0 Å². The molecule has 0 amide bonds. The molecule has 0 atom stereocenters. The van der Waals surface area contributed by atoms with Crippen molar-refractivity contribution in [3.63, 3.8) is 0 Å². The average molecular weight is 154 g/mol. The zero-order valence-corrected chi connectivity index (χ0v) is 6.53. The van der Waals surface area contributed by atoms with E-state index in [1.54, 1.807) is 13.8 Å². The van der Waals surface area contributed by atoms with Crippen molar-refractivity contribution in [2.24, 2.45) is 0 Å². The minimum atomic E-state index is -0.643. The van der Waals surface area contributed by atoms with Gasteiger partial charge in [-0.05, 0) is 13.8 Å². The normalized spacial score (nSPS) is 10.7. The highest BCUT2D eigenvalue weighted by Crippen LogP contribution is 1.84. The second-order valence-corrected chi connectivity index (χ2v) is 1.74.